The van der Waals surface area contributed by atoms with Crippen LogP contribution in [-0.4, -0.2) is 33.5 Å². The van der Waals surface area contributed by atoms with Gasteiger partial charge in [0.1, 0.15) is 5.25 Å². The highest BCUT2D eigenvalue weighted by Crippen LogP contribution is 2.30. The van der Waals surface area contributed by atoms with E-state index in [9.17, 15) is 9.00 Å². The lowest BCUT2D eigenvalue weighted by atomic mass is 10.4. The van der Waals surface area contributed by atoms with Crippen LogP contribution in [0.5, 0.6) is 0 Å². The largest absolute Gasteiger partial charge is 0.465 e. The minimum absolute atomic E-state index is 0.332. The van der Waals surface area contributed by atoms with Gasteiger partial charge in [-0.1, -0.05) is 39.8 Å². The molecule has 0 heterocycles. The Morgan fingerprint density at radius 2 is 2.05 bits per heavy atom. The summed E-state index contributed by atoms with van der Waals surface area (Å²) in [5, 5.41) is -0.540. The summed E-state index contributed by atoms with van der Waals surface area (Å²) in [6.45, 7) is 3.74. The van der Waals surface area contributed by atoms with Crippen molar-refractivity contribution in [1.29, 1.82) is 0 Å². The lowest BCUT2D eigenvalue weighted by Crippen LogP contribution is -2.27. The second-order valence-electron chi connectivity index (χ2n) is 3.70. The summed E-state index contributed by atoms with van der Waals surface area (Å²) in [6.07, 6.45) is 0. The average Bonchev–Trinajstić information content (AvgIpc) is 2.44. The first-order chi connectivity index (χ1) is 9.15. The fraction of sp³-hybridized carbons (Fsp3) is 0.462. The predicted octanol–water partition coefficient (Wildman–Crippen LogP) is 3.13. The Bertz CT molecular complexity index is 409. The number of ether oxygens (including phenoxy) is 1. The van der Waals surface area contributed by atoms with Crippen LogP contribution < -0.4 is 0 Å². The summed E-state index contributed by atoms with van der Waals surface area (Å²) in [6, 6.07) is 10.0. The minimum atomic E-state index is -1.16. The predicted molar refractivity (Wildman–Crippen MR) is 83.9 cm³/mol. The van der Waals surface area contributed by atoms with Crippen molar-refractivity contribution in [2.75, 3.05) is 18.1 Å². The summed E-state index contributed by atoms with van der Waals surface area (Å²) in [5.41, 5.74) is 0. The molecule has 0 bridgehead atoms. The molecule has 0 radical (unpaired) electrons. The van der Waals surface area contributed by atoms with Crippen LogP contribution >= 0.6 is 21.6 Å². The van der Waals surface area contributed by atoms with Crippen molar-refractivity contribution in [2.24, 2.45) is 0 Å². The molecule has 0 aliphatic carbocycles. The third-order valence-corrected chi connectivity index (χ3v) is 6.51. The van der Waals surface area contributed by atoms with E-state index in [-0.39, 0.29) is 5.97 Å². The Morgan fingerprint density at radius 3 is 2.68 bits per heavy atom. The first kappa shape index (κ1) is 16.6. The molecule has 0 unspecified atom stereocenters. The van der Waals surface area contributed by atoms with Crippen molar-refractivity contribution in [3.05, 3.63) is 30.3 Å². The van der Waals surface area contributed by atoms with Gasteiger partial charge in [0.15, 0.2) is 0 Å². The number of hydrogen-bond acceptors (Lipinski definition) is 5. The molecule has 0 aliphatic heterocycles. The van der Waals surface area contributed by atoms with Crippen LogP contribution in [0, 0.1) is 0 Å². The summed E-state index contributed by atoms with van der Waals surface area (Å²) < 4.78 is 16.7. The maximum Gasteiger partial charge on any atom is 0.321 e. The van der Waals surface area contributed by atoms with E-state index >= 15 is 0 Å². The van der Waals surface area contributed by atoms with Crippen molar-refractivity contribution in [2.45, 2.75) is 24.0 Å². The van der Waals surface area contributed by atoms with Crippen LogP contribution in [-0.2, 0) is 20.3 Å². The molecule has 0 saturated carbocycles. The van der Waals surface area contributed by atoms with E-state index in [1.807, 2.05) is 30.3 Å². The van der Waals surface area contributed by atoms with E-state index in [4.69, 9.17) is 4.74 Å². The number of carbonyl (C=O) groups is 1. The van der Waals surface area contributed by atoms with Crippen molar-refractivity contribution in [3.63, 3.8) is 0 Å². The molecule has 0 aliphatic rings. The van der Waals surface area contributed by atoms with Crippen LogP contribution in [0.3, 0.4) is 0 Å². The fourth-order valence-corrected chi connectivity index (χ4v) is 4.90. The third kappa shape index (κ3) is 6.49. The molecule has 0 spiro atoms. The molecule has 0 N–H and O–H groups in total. The summed E-state index contributed by atoms with van der Waals surface area (Å²) in [7, 11) is 2.14. The van der Waals surface area contributed by atoms with E-state index in [0.717, 1.165) is 5.75 Å². The molecule has 19 heavy (non-hydrogen) atoms. The zero-order valence-electron chi connectivity index (χ0n) is 11.0. The van der Waals surface area contributed by atoms with Gasteiger partial charge in [-0.2, -0.15) is 0 Å². The van der Waals surface area contributed by atoms with Crippen LogP contribution in [0.4, 0.5) is 0 Å². The highest BCUT2D eigenvalue weighted by Gasteiger charge is 2.20. The Balaban J connectivity index is 2.22. The van der Waals surface area contributed by atoms with Crippen LogP contribution in [0.25, 0.3) is 0 Å². The van der Waals surface area contributed by atoms with Crippen LogP contribution in [0.15, 0.2) is 35.2 Å². The normalized spacial score (nSPS) is 13.8. The highest BCUT2D eigenvalue weighted by atomic mass is 33.1. The summed E-state index contributed by atoms with van der Waals surface area (Å²) >= 11 is 0. The van der Waals surface area contributed by atoms with Gasteiger partial charge in [0.2, 0.25) is 0 Å². The molecule has 1 aromatic carbocycles. The van der Waals surface area contributed by atoms with Crippen molar-refractivity contribution in [3.8, 4) is 0 Å². The quantitative estimate of drug-likeness (QED) is 0.418. The third-order valence-electron chi connectivity index (χ3n) is 2.28. The molecule has 106 valence electrons. The first-order valence-corrected chi connectivity index (χ1v) is 9.73. The molecule has 2 atom stereocenters. The number of rotatable bonds is 8. The molecular formula is C13H18O3S3. The van der Waals surface area contributed by atoms with E-state index in [1.54, 1.807) is 35.4 Å². The van der Waals surface area contributed by atoms with Crippen LogP contribution in [0.1, 0.15) is 13.8 Å². The molecule has 0 amide bonds. The second-order valence-corrected chi connectivity index (χ2v) is 8.06. The first-order valence-electron chi connectivity index (χ1n) is 6.03. The number of esters is 1. The summed E-state index contributed by atoms with van der Waals surface area (Å²) in [5.74, 6) is 0.877. The molecule has 0 fully saturated rings. The number of carbonyl (C=O) groups excluding carboxylic acids is 1. The maximum absolute atomic E-state index is 11.9. The monoisotopic (exact) mass is 318 g/mol. The lowest BCUT2D eigenvalue weighted by Gasteiger charge is -2.09. The second kappa shape index (κ2) is 9.44. The SMILES string of the molecule is CCOC(=O)[C@@H](C)[S@@](=O)CCSSc1ccccc1. The van der Waals surface area contributed by atoms with E-state index < -0.39 is 16.0 Å². The van der Waals surface area contributed by atoms with Gasteiger partial charge < -0.3 is 4.74 Å². The van der Waals surface area contributed by atoms with Crippen LogP contribution in [0.2, 0.25) is 0 Å². The van der Waals surface area contributed by atoms with Crippen molar-refractivity contribution < 1.29 is 13.7 Å². The maximum atomic E-state index is 11.9. The van der Waals surface area contributed by atoms with Gasteiger partial charge in [0.05, 0.1) is 6.61 Å². The van der Waals surface area contributed by atoms with Crippen molar-refractivity contribution in [1.82, 2.24) is 0 Å². The van der Waals surface area contributed by atoms with E-state index in [2.05, 4.69) is 0 Å². The Labute approximate surface area is 124 Å². The average molecular weight is 318 g/mol. The smallest absolute Gasteiger partial charge is 0.321 e. The van der Waals surface area contributed by atoms with Gasteiger partial charge in [-0.3, -0.25) is 9.00 Å². The van der Waals surface area contributed by atoms with Gasteiger partial charge in [0, 0.05) is 27.2 Å². The Kier molecular flexibility index (Phi) is 8.25. The highest BCUT2D eigenvalue weighted by molar-refractivity contribution is 8.76. The van der Waals surface area contributed by atoms with Gasteiger partial charge >= 0.3 is 5.97 Å². The zero-order valence-corrected chi connectivity index (χ0v) is 13.5. The number of hydrogen-bond donors (Lipinski definition) is 0. The standard InChI is InChI=1S/C13H18O3S3/c1-3-16-13(14)11(2)19(15)10-9-17-18-12-7-5-4-6-8-12/h4-8,11H,3,9-10H2,1-2H3/t11-,19+/m1/s1. The molecule has 0 aromatic heterocycles. The van der Waals surface area contributed by atoms with Gasteiger partial charge in [-0.15, -0.1) is 0 Å². The zero-order chi connectivity index (χ0) is 14.1. The fourth-order valence-electron chi connectivity index (χ4n) is 1.25. The Hall–Kier alpha value is -0.460. The molecule has 0 saturated heterocycles. The molecule has 3 nitrogen and oxygen atoms in total. The summed E-state index contributed by atoms with van der Waals surface area (Å²) in [4.78, 5) is 12.6. The molecule has 6 heteroatoms. The number of benzene rings is 1. The van der Waals surface area contributed by atoms with E-state index in [1.165, 1.54) is 4.90 Å². The van der Waals surface area contributed by atoms with Gasteiger partial charge in [0.25, 0.3) is 0 Å². The Morgan fingerprint density at radius 1 is 1.37 bits per heavy atom. The topological polar surface area (TPSA) is 43.4 Å². The molecule has 1 rings (SSSR count). The van der Waals surface area contributed by atoms with Crippen molar-refractivity contribution >= 4 is 38.4 Å². The molecule has 1 aromatic rings. The molecular weight excluding hydrogens is 300 g/mol. The van der Waals surface area contributed by atoms with Gasteiger partial charge in [-0.05, 0) is 26.0 Å². The van der Waals surface area contributed by atoms with Gasteiger partial charge in [-0.25, -0.2) is 0 Å². The lowest BCUT2D eigenvalue weighted by molar-refractivity contribution is -0.142. The van der Waals surface area contributed by atoms with E-state index in [0.29, 0.717) is 12.4 Å². The minimum Gasteiger partial charge on any atom is -0.465 e.